The highest BCUT2D eigenvalue weighted by molar-refractivity contribution is 6.32. The summed E-state index contributed by atoms with van der Waals surface area (Å²) in [6, 6.07) is 17.2. The number of nitrogens with zero attached hydrogens (tertiary/aromatic N) is 2. The number of hydrogen-bond donors (Lipinski definition) is 0. The van der Waals surface area contributed by atoms with E-state index in [1.807, 2.05) is 0 Å². The molecule has 0 bridgehead atoms. The van der Waals surface area contributed by atoms with E-state index in [1.54, 1.807) is 36.4 Å². The Kier molecular flexibility index (Phi) is 6.85. The van der Waals surface area contributed by atoms with Crippen LogP contribution in [0.4, 0.5) is 10.1 Å². The number of ether oxygens (including phenoxy) is 2. The summed E-state index contributed by atoms with van der Waals surface area (Å²) >= 11 is 6.36. The second-order valence-electron chi connectivity index (χ2n) is 6.39. The van der Waals surface area contributed by atoms with Crippen molar-refractivity contribution in [3.63, 3.8) is 0 Å². The Balaban J connectivity index is 1.89. The van der Waals surface area contributed by atoms with Gasteiger partial charge in [0.1, 0.15) is 12.4 Å². The number of methoxy groups -OCH3 is 1. The molecule has 31 heavy (non-hydrogen) atoms. The highest BCUT2D eigenvalue weighted by atomic mass is 35.5. The maximum Gasteiger partial charge on any atom is 0.269 e. The molecule has 0 amide bonds. The van der Waals surface area contributed by atoms with Crippen molar-refractivity contribution in [2.24, 2.45) is 0 Å². The van der Waals surface area contributed by atoms with E-state index in [4.69, 9.17) is 21.1 Å². The lowest BCUT2D eigenvalue weighted by molar-refractivity contribution is -0.384. The first-order chi connectivity index (χ1) is 14.9. The zero-order chi connectivity index (χ0) is 22.4. The number of nitriles is 1. The van der Waals surface area contributed by atoms with Gasteiger partial charge in [0.2, 0.25) is 0 Å². The second kappa shape index (κ2) is 9.74. The van der Waals surface area contributed by atoms with Gasteiger partial charge in [0.05, 0.1) is 28.7 Å². The van der Waals surface area contributed by atoms with Gasteiger partial charge in [-0.2, -0.15) is 5.26 Å². The van der Waals surface area contributed by atoms with Gasteiger partial charge in [-0.25, -0.2) is 4.39 Å². The van der Waals surface area contributed by atoms with Crippen LogP contribution in [0.5, 0.6) is 11.5 Å². The molecule has 0 N–H and O–H groups in total. The summed E-state index contributed by atoms with van der Waals surface area (Å²) in [6.45, 7) is -0.0375. The Hall–Kier alpha value is -3.89. The average molecular weight is 439 g/mol. The van der Waals surface area contributed by atoms with Crippen molar-refractivity contribution < 1.29 is 18.8 Å². The van der Waals surface area contributed by atoms with Crippen molar-refractivity contribution in [3.8, 4) is 17.6 Å². The van der Waals surface area contributed by atoms with Gasteiger partial charge in [0.25, 0.3) is 5.69 Å². The molecule has 0 saturated carbocycles. The van der Waals surface area contributed by atoms with E-state index in [0.29, 0.717) is 22.4 Å². The Bertz CT molecular complexity index is 1190. The maximum absolute atomic E-state index is 13.8. The third kappa shape index (κ3) is 5.18. The lowest BCUT2D eigenvalue weighted by atomic mass is 10.0. The minimum absolute atomic E-state index is 0.0375. The lowest BCUT2D eigenvalue weighted by Crippen LogP contribution is -2.01. The minimum atomic E-state index is -0.510. The van der Waals surface area contributed by atoms with Gasteiger partial charge < -0.3 is 9.47 Å². The lowest BCUT2D eigenvalue weighted by Gasteiger charge is -2.14. The van der Waals surface area contributed by atoms with Crippen molar-refractivity contribution in [1.29, 1.82) is 5.26 Å². The first-order valence-corrected chi connectivity index (χ1v) is 9.41. The molecular weight excluding hydrogens is 423 g/mol. The fourth-order valence-corrected chi connectivity index (χ4v) is 3.11. The van der Waals surface area contributed by atoms with Gasteiger partial charge in [-0.15, -0.1) is 0 Å². The molecule has 0 atom stereocenters. The molecule has 0 aliphatic rings. The number of nitro benzene ring substituents is 1. The number of halogens is 2. The predicted molar refractivity (Wildman–Crippen MR) is 115 cm³/mol. The van der Waals surface area contributed by atoms with E-state index in [9.17, 15) is 19.8 Å². The highest BCUT2D eigenvalue weighted by Crippen LogP contribution is 2.38. The summed E-state index contributed by atoms with van der Waals surface area (Å²) in [5.41, 5.74) is 1.67. The third-order valence-corrected chi connectivity index (χ3v) is 4.68. The first kappa shape index (κ1) is 21.8. The topological polar surface area (TPSA) is 85.4 Å². The zero-order valence-corrected chi connectivity index (χ0v) is 17.1. The molecule has 0 aliphatic carbocycles. The van der Waals surface area contributed by atoms with Crippen molar-refractivity contribution in [2.45, 2.75) is 6.61 Å². The van der Waals surface area contributed by atoms with E-state index in [2.05, 4.69) is 6.07 Å². The summed E-state index contributed by atoms with van der Waals surface area (Å²) < 4.78 is 24.9. The molecule has 0 fully saturated rings. The number of hydrogen-bond acceptors (Lipinski definition) is 5. The minimum Gasteiger partial charge on any atom is -0.493 e. The van der Waals surface area contributed by atoms with E-state index in [0.717, 1.165) is 0 Å². The molecular formula is C23H16ClFN2O4. The molecule has 156 valence electrons. The molecule has 3 rings (SSSR count). The standard InChI is InChI=1S/C23H16ClFN2O4/c1-30-22-12-15(10-18(13-26)16-6-8-19(9-7-16)27(28)29)11-20(24)23(22)31-14-17-4-2-3-5-21(17)25/h2-12H,14H2,1H3/b18-10-. The maximum atomic E-state index is 13.8. The van der Waals surface area contributed by atoms with Crippen LogP contribution >= 0.6 is 11.6 Å². The van der Waals surface area contributed by atoms with Crippen LogP contribution in [-0.4, -0.2) is 12.0 Å². The van der Waals surface area contributed by atoms with Crippen LogP contribution in [0.25, 0.3) is 11.6 Å². The number of nitro groups is 1. The van der Waals surface area contributed by atoms with Gasteiger partial charge in [0.15, 0.2) is 11.5 Å². The molecule has 0 unspecified atom stereocenters. The summed E-state index contributed by atoms with van der Waals surface area (Å²) in [4.78, 5) is 10.3. The summed E-state index contributed by atoms with van der Waals surface area (Å²) in [5, 5.41) is 20.6. The SMILES string of the molecule is COc1cc(/C=C(/C#N)c2ccc([N+](=O)[O-])cc2)cc(Cl)c1OCc1ccccc1F. The van der Waals surface area contributed by atoms with Gasteiger partial charge in [-0.1, -0.05) is 29.8 Å². The fraction of sp³-hybridized carbons (Fsp3) is 0.0870. The molecule has 0 radical (unpaired) electrons. The number of benzene rings is 3. The summed E-state index contributed by atoms with van der Waals surface area (Å²) in [5.74, 6) is 0.174. The molecule has 0 heterocycles. The van der Waals surface area contributed by atoms with Crippen LogP contribution < -0.4 is 9.47 Å². The van der Waals surface area contributed by atoms with Gasteiger partial charge in [-0.3, -0.25) is 10.1 Å². The zero-order valence-electron chi connectivity index (χ0n) is 16.3. The van der Waals surface area contributed by atoms with Crippen molar-refractivity contribution in [3.05, 3.63) is 98.3 Å². The van der Waals surface area contributed by atoms with Crippen molar-refractivity contribution in [1.82, 2.24) is 0 Å². The average Bonchev–Trinajstić information content (AvgIpc) is 2.77. The van der Waals surface area contributed by atoms with E-state index >= 15 is 0 Å². The second-order valence-corrected chi connectivity index (χ2v) is 6.80. The summed E-state index contributed by atoms with van der Waals surface area (Å²) in [7, 11) is 1.44. The fourth-order valence-electron chi connectivity index (χ4n) is 2.84. The quantitative estimate of drug-likeness (QED) is 0.194. The Morgan fingerprint density at radius 3 is 2.55 bits per heavy atom. The van der Waals surface area contributed by atoms with Gasteiger partial charge in [-0.05, 0) is 47.5 Å². The monoisotopic (exact) mass is 438 g/mol. The van der Waals surface area contributed by atoms with Crippen LogP contribution in [0.1, 0.15) is 16.7 Å². The van der Waals surface area contributed by atoms with Crippen LogP contribution in [0, 0.1) is 27.3 Å². The first-order valence-electron chi connectivity index (χ1n) is 9.03. The molecule has 0 saturated heterocycles. The molecule has 0 spiro atoms. The number of rotatable bonds is 7. The highest BCUT2D eigenvalue weighted by Gasteiger charge is 2.14. The van der Waals surface area contributed by atoms with Crippen LogP contribution in [0.3, 0.4) is 0 Å². The van der Waals surface area contributed by atoms with E-state index < -0.39 is 4.92 Å². The van der Waals surface area contributed by atoms with Crippen molar-refractivity contribution in [2.75, 3.05) is 7.11 Å². The molecule has 3 aromatic carbocycles. The van der Waals surface area contributed by atoms with E-state index in [-0.39, 0.29) is 34.5 Å². The number of non-ortho nitro benzene ring substituents is 1. The molecule has 0 aliphatic heterocycles. The smallest absolute Gasteiger partial charge is 0.269 e. The number of allylic oxidation sites excluding steroid dienone is 1. The third-order valence-electron chi connectivity index (χ3n) is 4.40. The molecule has 3 aromatic rings. The Morgan fingerprint density at radius 1 is 1.23 bits per heavy atom. The Labute approximate surface area is 182 Å². The van der Waals surface area contributed by atoms with E-state index in [1.165, 1.54) is 37.4 Å². The molecule has 8 heteroatoms. The van der Waals surface area contributed by atoms with Gasteiger partial charge >= 0.3 is 0 Å². The van der Waals surface area contributed by atoms with Gasteiger partial charge in [0, 0.05) is 17.7 Å². The van der Waals surface area contributed by atoms with Crippen LogP contribution in [-0.2, 0) is 6.61 Å². The summed E-state index contributed by atoms with van der Waals surface area (Å²) in [6.07, 6.45) is 1.58. The van der Waals surface area contributed by atoms with Crippen LogP contribution in [0.15, 0.2) is 60.7 Å². The van der Waals surface area contributed by atoms with Crippen LogP contribution in [0.2, 0.25) is 5.02 Å². The largest absolute Gasteiger partial charge is 0.493 e. The Morgan fingerprint density at radius 2 is 1.94 bits per heavy atom. The molecule has 0 aromatic heterocycles. The van der Waals surface area contributed by atoms with Crippen molar-refractivity contribution >= 4 is 28.9 Å². The molecule has 6 nitrogen and oxygen atoms in total. The predicted octanol–water partition coefficient (Wildman–Crippen LogP) is 6.04. The normalized spacial score (nSPS) is 11.0.